The van der Waals surface area contributed by atoms with Crippen molar-refractivity contribution >= 4 is 40.5 Å². The normalized spacial score (nSPS) is 14.2. The van der Waals surface area contributed by atoms with Gasteiger partial charge in [-0.25, -0.2) is 9.59 Å². The highest BCUT2D eigenvalue weighted by atomic mass is 16.4. The van der Waals surface area contributed by atoms with Crippen LogP contribution in [0.2, 0.25) is 0 Å². The van der Waals surface area contributed by atoms with E-state index in [1.165, 1.54) is 12.5 Å². The Morgan fingerprint density at radius 2 is 1.55 bits per heavy atom. The number of rotatable bonds is 23. The molecule has 1 aromatic carbocycles. The van der Waals surface area contributed by atoms with Crippen LogP contribution in [0.15, 0.2) is 42.6 Å². The number of para-hydroxylation sites is 1. The van der Waals surface area contributed by atoms with Crippen molar-refractivity contribution in [3.05, 3.63) is 48.2 Å². The van der Waals surface area contributed by atoms with E-state index in [0.29, 0.717) is 31.2 Å². The fourth-order valence-electron chi connectivity index (χ4n) is 5.22. The lowest BCUT2D eigenvalue weighted by Crippen LogP contribution is -2.55. The highest BCUT2D eigenvalue weighted by molar-refractivity contribution is 5.95. The minimum atomic E-state index is -3.01. The van der Waals surface area contributed by atoms with E-state index in [1.54, 1.807) is 18.3 Å². The van der Waals surface area contributed by atoms with Crippen molar-refractivity contribution in [2.24, 2.45) is 5.92 Å². The number of aromatic nitrogens is 1. The number of hydrogen-bond acceptors (Lipinski definition) is 6. The second kappa shape index (κ2) is 18.6. The largest absolute Gasteiger partial charge is 0.481 e. The second-order valence-electron chi connectivity index (χ2n) is 11.3. The minimum Gasteiger partial charge on any atom is -0.481 e. The van der Waals surface area contributed by atoms with E-state index in [2.05, 4.69) is 17.2 Å². The molecule has 242 valence electrons. The van der Waals surface area contributed by atoms with Gasteiger partial charge >= 0.3 is 17.9 Å². The van der Waals surface area contributed by atoms with Gasteiger partial charge in [-0.3, -0.25) is 14.4 Å². The maximum Gasteiger partial charge on any atom is 0.337 e. The molecule has 0 radical (unpaired) electrons. The molecule has 6 N–H and O–H groups in total. The predicted molar refractivity (Wildman–Crippen MR) is 165 cm³/mol. The Morgan fingerprint density at radius 3 is 2.16 bits per heavy atom. The van der Waals surface area contributed by atoms with Crippen LogP contribution in [0.1, 0.15) is 96.0 Å². The summed E-state index contributed by atoms with van der Waals surface area (Å²) in [6.07, 6.45) is 13.0. The van der Waals surface area contributed by atoms with Gasteiger partial charge in [-0.05, 0) is 37.3 Å². The molecule has 44 heavy (non-hydrogen) atoms. The molecule has 1 amide bonds. The van der Waals surface area contributed by atoms with Crippen molar-refractivity contribution in [2.75, 3.05) is 0 Å². The number of aromatic amines is 1. The highest BCUT2D eigenvalue weighted by Gasteiger charge is 2.49. The Hall–Kier alpha value is -3.99. The maximum absolute atomic E-state index is 13.3. The molecule has 3 unspecified atom stereocenters. The van der Waals surface area contributed by atoms with Crippen molar-refractivity contribution in [2.45, 2.75) is 108 Å². The quantitative estimate of drug-likeness (QED) is 0.0736. The van der Waals surface area contributed by atoms with Crippen LogP contribution in [-0.2, 0) is 30.4 Å². The van der Waals surface area contributed by atoms with E-state index >= 15 is 0 Å². The van der Waals surface area contributed by atoms with Gasteiger partial charge in [-0.15, -0.1) is 0 Å². The number of aliphatic carboxylic acids is 3. The zero-order chi connectivity index (χ0) is 32.5. The van der Waals surface area contributed by atoms with Gasteiger partial charge in [0.2, 0.25) is 5.91 Å². The van der Waals surface area contributed by atoms with E-state index in [9.17, 15) is 44.4 Å². The molecular weight excluding hydrogens is 568 g/mol. The maximum atomic E-state index is 13.3. The summed E-state index contributed by atoms with van der Waals surface area (Å²) in [6, 6.07) is 5.71. The number of Topliss-reactive ketones (excluding diaryl/α,β-unsaturated/α-hetero) is 1. The molecule has 0 saturated heterocycles. The van der Waals surface area contributed by atoms with Gasteiger partial charge < -0.3 is 30.7 Å². The Bertz CT molecular complexity index is 1290. The van der Waals surface area contributed by atoms with Crippen molar-refractivity contribution < 1.29 is 44.4 Å². The SMILES string of the molecule is CCCCCCCC(=O)CCCCCCC=CC(C(=O)NC(Cc1c[nH]c2ccccc12)C(=O)O)C(O)(CC(=O)O)C(=O)O. The van der Waals surface area contributed by atoms with Gasteiger partial charge in [-0.1, -0.05) is 75.8 Å². The topological polar surface area (TPSA) is 194 Å². The molecule has 2 rings (SSSR count). The van der Waals surface area contributed by atoms with Gasteiger partial charge in [0, 0.05) is 36.4 Å². The summed E-state index contributed by atoms with van der Waals surface area (Å²) in [6.45, 7) is 2.15. The molecule has 11 heteroatoms. The molecule has 0 aliphatic rings. The number of carboxylic acid groups (broad SMARTS) is 3. The molecule has 3 atom stereocenters. The highest BCUT2D eigenvalue weighted by Crippen LogP contribution is 2.26. The third-order valence-corrected chi connectivity index (χ3v) is 7.77. The van der Waals surface area contributed by atoms with E-state index < -0.39 is 47.8 Å². The summed E-state index contributed by atoms with van der Waals surface area (Å²) in [5.41, 5.74) is -1.63. The summed E-state index contributed by atoms with van der Waals surface area (Å²) in [7, 11) is 0. The van der Waals surface area contributed by atoms with Crippen LogP contribution in [0.3, 0.4) is 0 Å². The zero-order valence-electron chi connectivity index (χ0n) is 25.4. The number of nitrogens with one attached hydrogen (secondary N) is 2. The average Bonchev–Trinajstić information content (AvgIpc) is 3.37. The van der Waals surface area contributed by atoms with Crippen molar-refractivity contribution in [1.29, 1.82) is 0 Å². The van der Waals surface area contributed by atoms with Crippen LogP contribution in [0.4, 0.5) is 0 Å². The number of allylic oxidation sites excluding steroid dienone is 1. The summed E-state index contributed by atoms with van der Waals surface area (Å²) in [4.78, 5) is 63.9. The number of H-pyrrole nitrogens is 1. The summed E-state index contributed by atoms with van der Waals surface area (Å²) < 4.78 is 0. The molecule has 0 aliphatic heterocycles. The fraction of sp³-hybridized carbons (Fsp3) is 0.545. The van der Waals surface area contributed by atoms with Crippen LogP contribution in [0.5, 0.6) is 0 Å². The van der Waals surface area contributed by atoms with Crippen molar-refractivity contribution in [3.8, 4) is 0 Å². The van der Waals surface area contributed by atoms with Crippen LogP contribution in [0, 0.1) is 5.92 Å². The van der Waals surface area contributed by atoms with E-state index in [0.717, 1.165) is 61.9 Å². The zero-order valence-corrected chi connectivity index (χ0v) is 25.4. The number of carbonyl (C=O) groups excluding carboxylic acids is 2. The van der Waals surface area contributed by atoms with Gasteiger partial charge in [-0.2, -0.15) is 0 Å². The number of fused-ring (bicyclic) bond motifs is 1. The standard InChI is InChI=1S/C33H46N2O9/c1-2-3-4-7-10-15-24(36)16-11-8-5-6-9-12-18-26(33(44,32(42)43)21-29(37)38)30(39)35-28(31(40)41)20-23-22-34-27-19-14-13-17-25(23)27/h12-14,17-19,22,26,28,34,44H,2-11,15-16,20-21H2,1H3,(H,35,39)(H,37,38)(H,40,41)(H,42,43). The van der Waals surface area contributed by atoms with E-state index in [-0.39, 0.29) is 12.2 Å². The first-order valence-corrected chi connectivity index (χ1v) is 15.4. The summed E-state index contributed by atoms with van der Waals surface area (Å²) in [5, 5.41) is 42.8. The summed E-state index contributed by atoms with van der Waals surface area (Å²) in [5.74, 6) is -7.64. The molecule has 1 aromatic heterocycles. The monoisotopic (exact) mass is 614 g/mol. The lowest BCUT2D eigenvalue weighted by molar-refractivity contribution is -0.172. The number of carboxylic acids is 3. The molecule has 1 heterocycles. The van der Waals surface area contributed by atoms with Gasteiger partial charge in [0.25, 0.3) is 0 Å². The van der Waals surface area contributed by atoms with Crippen LogP contribution < -0.4 is 5.32 Å². The number of ketones is 1. The molecule has 0 aliphatic carbocycles. The van der Waals surface area contributed by atoms with Gasteiger partial charge in [0.05, 0.1) is 12.3 Å². The molecule has 0 saturated carbocycles. The number of carbonyl (C=O) groups is 5. The number of hydrogen-bond donors (Lipinski definition) is 6. The van der Waals surface area contributed by atoms with E-state index in [1.807, 2.05) is 12.1 Å². The van der Waals surface area contributed by atoms with Gasteiger partial charge in [0.15, 0.2) is 5.60 Å². The Kier molecular flexibility index (Phi) is 15.3. The Balaban J connectivity index is 2.00. The predicted octanol–water partition coefficient (Wildman–Crippen LogP) is 5.01. The number of unbranched alkanes of at least 4 members (excludes halogenated alkanes) is 8. The molecule has 0 spiro atoms. The van der Waals surface area contributed by atoms with Crippen LogP contribution in [-0.4, -0.2) is 66.7 Å². The Labute approximate surface area is 257 Å². The molecular formula is C33H46N2O9. The second-order valence-corrected chi connectivity index (χ2v) is 11.3. The lowest BCUT2D eigenvalue weighted by atomic mass is 9.82. The molecule has 11 nitrogen and oxygen atoms in total. The lowest BCUT2D eigenvalue weighted by Gasteiger charge is -2.29. The number of benzene rings is 1. The Morgan fingerprint density at radius 1 is 0.909 bits per heavy atom. The fourth-order valence-corrected chi connectivity index (χ4v) is 5.22. The van der Waals surface area contributed by atoms with Gasteiger partial charge in [0.1, 0.15) is 11.8 Å². The molecule has 0 fully saturated rings. The molecule has 2 aromatic rings. The first kappa shape index (κ1) is 36.2. The van der Waals surface area contributed by atoms with Crippen molar-refractivity contribution in [1.82, 2.24) is 10.3 Å². The van der Waals surface area contributed by atoms with Crippen LogP contribution in [0.25, 0.3) is 10.9 Å². The van der Waals surface area contributed by atoms with E-state index in [4.69, 9.17) is 0 Å². The first-order valence-electron chi connectivity index (χ1n) is 15.4. The third-order valence-electron chi connectivity index (χ3n) is 7.77. The third kappa shape index (κ3) is 11.6. The first-order chi connectivity index (χ1) is 21.0. The number of amides is 1. The minimum absolute atomic E-state index is 0.132. The van der Waals surface area contributed by atoms with Crippen LogP contribution >= 0.6 is 0 Å². The van der Waals surface area contributed by atoms with Crippen molar-refractivity contribution in [3.63, 3.8) is 0 Å². The average molecular weight is 615 g/mol. The molecule has 0 bridgehead atoms. The smallest absolute Gasteiger partial charge is 0.337 e. The summed E-state index contributed by atoms with van der Waals surface area (Å²) >= 11 is 0. The number of aliphatic hydroxyl groups is 1.